The zero-order valence-electron chi connectivity index (χ0n) is 10.9. The van der Waals surface area contributed by atoms with Crippen LogP contribution in [0.25, 0.3) is 0 Å². The highest BCUT2D eigenvalue weighted by Gasteiger charge is 2.31. The van der Waals surface area contributed by atoms with Crippen molar-refractivity contribution in [3.8, 4) is 0 Å². The van der Waals surface area contributed by atoms with Gasteiger partial charge in [-0.15, -0.1) is 0 Å². The predicted molar refractivity (Wildman–Crippen MR) is 69.3 cm³/mol. The molecular weight excluding hydrogens is 283 g/mol. The van der Waals surface area contributed by atoms with E-state index >= 15 is 0 Å². The summed E-state index contributed by atoms with van der Waals surface area (Å²) in [6.45, 7) is 0. The van der Waals surface area contributed by atoms with Gasteiger partial charge in [0.15, 0.2) is 0 Å². The topological polar surface area (TPSA) is 110 Å². The van der Waals surface area contributed by atoms with Crippen molar-refractivity contribution in [2.45, 2.75) is 25.3 Å². The minimum atomic E-state index is -0.923. The molecule has 1 aromatic carbocycles. The molecule has 0 aliphatic heterocycles. The number of nitrogens with one attached hydrogen (secondary N) is 1. The number of nitro groups is 1. The van der Waals surface area contributed by atoms with Crippen LogP contribution in [0.5, 0.6) is 0 Å². The number of carboxylic acids is 1. The molecule has 0 unspecified atom stereocenters. The lowest BCUT2D eigenvalue weighted by molar-refractivity contribution is -0.384. The van der Waals surface area contributed by atoms with Gasteiger partial charge in [0.1, 0.15) is 5.82 Å². The molecule has 1 aromatic rings. The third kappa shape index (κ3) is 3.33. The summed E-state index contributed by atoms with van der Waals surface area (Å²) < 4.78 is 13.6. The lowest BCUT2D eigenvalue weighted by Gasteiger charge is -2.12. The first kappa shape index (κ1) is 14.9. The van der Waals surface area contributed by atoms with Gasteiger partial charge in [-0.3, -0.25) is 19.7 Å². The molecule has 112 valence electrons. The van der Waals surface area contributed by atoms with Gasteiger partial charge in [0.05, 0.1) is 16.4 Å². The SMILES string of the molecule is O=C(N[C@H]1CC[C@@H](C(=O)O)C1)c1cc([N+](=O)[O-])ccc1F. The van der Waals surface area contributed by atoms with E-state index in [4.69, 9.17) is 5.11 Å². The molecule has 0 bridgehead atoms. The second-order valence-corrected chi connectivity index (χ2v) is 4.94. The lowest BCUT2D eigenvalue weighted by Crippen LogP contribution is -2.33. The number of aliphatic carboxylic acids is 1. The van der Waals surface area contributed by atoms with Crippen LogP contribution in [0.2, 0.25) is 0 Å². The summed E-state index contributed by atoms with van der Waals surface area (Å²) in [4.78, 5) is 32.7. The Morgan fingerprint density at radius 3 is 2.67 bits per heavy atom. The second-order valence-electron chi connectivity index (χ2n) is 4.94. The van der Waals surface area contributed by atoms with Crippen molar-refractivity contribution in [2.75, 3.05) is 0 Å². The number of non-ortho nitro benzene ring substituents is 1. The van der Waals surface area contributed by atoms with Crippen LogP contribution < -0.4 is 5.32 Å². The van der Waals surface area contributed by atoms with Gasteiger partial charge in [0.2, 0.25) is 0 Å². The summed E-state index contributed by atoms with van der Waals surface area (Å²) in [5.41, 5.74) is -0.792. The number of benzene rings is 1. The highest BCUT2D eigenvalue weighted by atomic mass is 19.1. The summed E-state index contributed by atoms with van der Waals surface area (Å²) in [5.74, 6) is -3.07. The summed E-state index contributed by atoms with van der Waals surface area (Å²) in [7, 11) is 0. The van der Waals surface area contributed by atoms with E-state index in [0.29, 0.717) is 12.8 Å². The fourth-order valence-electron chi connectivity index (χ4n) is 2.40. The summed E-state index contributed by atoms with van der Waals surface area (Å²) in [6, 6.07) is 2.34. The lowest BCUT2D eigenvalue weighted by atomic mass is 10.1. The fourth-order valence-corrected chi connectivity index (χ4v) is 2.40. The van der Waals surface area contributed by atoms with Crippen molar-refractivity contribution in [3.05, 3.63) is 39.7 Å². The first-order chi connectivity index (χ1) is 9.88. The van der Waals surface area contributed by atoms with Gasteiger partial charge in [-0.2, -0.15) is 0 Å². The molecule has 0 saturated heterocycles. The van der Waals surface area contributed by atoms with Gasteiger partial charge in [0, 0.05) is 18.2 Å². The fraction of sp³-hybridized carbons (Fsp3) is 0.385. The van der Waals surface area contributed by atoms with E-state index in [-0.39, 0.29) is 18.2 Å². The molecule has 2 atom stereocenters. The molecule has 7 nitrogen and oxygen atoms in total. The van der Waals surface area contributed by atoms with E-state index in [1.165, 1.54) is 0 Å². The molecule has 8 heteroatoms. The van der Waals surface area contributed by atoms with E-state index in [1.807, 2.05) is 0 Å². The molecular formula is C13H13FN2O5. The molecule has 1 aliphatic carbocycles. The average molecular weight is 296 g/mol. The number of carbonyl (C=O) groups excluding carboxylic acids is 1. The molecule has 2 rings (SSSR count). The Morgan fingerprint density at radius 1 is 1.38 bits per heavy atom. The van der Waals surface area contributed by atoms with Gasteiger partial charge in [-0.25, -0.2) is 4.39 Å². The Balaban J connectivity index is 2.09. The van der Waals surface area contributed by atoms with Crippen LogP contribution in [0, 0.1) is 21.8 Å². The number of carbonyl (C=O) groups is 2. The van der Waals surface area contributed by atoms with Crippen molar-refractivity contribution in [1.29, 1.82) is 0 Å². The van der Waals surface area contributed by atoms with Crippen molar-refractivity contribution >= 4 is 17.6 Å². The van der Waals surface area contributed by atoms with E-state index in [2.05, 4.69) is 5.32 Å². The van der Waals surface area contributed by atoms with Gasteiger partial charge in [0.25, 0.3) is 11.6 Å². The van der Waals surface area contributed by atoms with Crippen LogP contribution in [-0.2, 0) is 4.79 Å². The van der Waals surface area contributed by atoms with Gasteiger partial charge in [-0.05, 0) is 25.3 Å². The Bertz CT molecular complexity index is 604. The monoisotopic (exact) mass is 296 g/mol. The normalized spacial score (nSPS) is 21.0. The van der Waals surface area contributed by atoms with Crippen LogP contribution in [0.3, 0.4) is 0 Å². The maximum atomic E-state index is 13.6. The average Bonchev–Trinajstić information content (AvgIpc) is 2.87. The Hall–Kier alpha value is -2.51. The Labute approximate surface area is 118 Å². The zero-order chi connectivity index (χ0) is 15.6. The summed E-state index contributed by atoms with van der Waals surface area (Å²) in [6.07, 6.45) is 1.20. The van der Waals surface area contributed by atoms with Crippen LogP contribution >= 0.6 is 0 Å². The third-order valence-corrected chi connectivity index (χ3v) is 3.52. The molecule has 0 heterocycles. The highest BCUT2D eigenvalue weighted by molar-refractivity contribution is 5.95. The van der Waals surface area contributed by atoms with Gasteiger partial charge in [-0.1, -0.05) is 0 Å². The maximum absolute atomic E-state index is 13.6. The number of amides is 1. The number of hydrogen-bond donors (Lipinski definition) is 2. The van der Waals surface area contributed by atoms with Crippen molar-refractivity contribution < 1.29 is 24.0 Å². The number of nitro benzene ring substituents is 1. The molecule has 1 fully saturated rings. The van der Waals surface area contributed by atoms with Crippen LogP contribution in [0.4, 0.5) is 10.1 Å². The predicted octanol–water partition coefficient (Wildman–Crippen LogP) is 1.72. The van der Waals surface area contributed by atoms with E-state index in [9.17, 15) is 24.1 Å². The first-order valence-electron chi connectivity index (χ1n) is 6.36. The van der Waals surface area contributed by atoms with Crippen LogP contribution in [0.1, 0.15) is 29.6 Å². The van der Waals surface area contributed by atoms with Crippen molar-refractivity contribution in [3.63, 3.8) is 0 Å². The molecule has 1 saturated carbocycles. The quantitative estimate of drug-likeness (QED) is 0.649. The van der Waals surface area contributed by atoms with Gasteiger partial charge < -0.3 is 10.4 Å². The maximum Gasteiger partial charge on any atom is 0.306 e. The van der Waals surface area contributed by atoms with Crippen molar-refractivity contribution in [2.24, 2.45) is 5.92 Å². The molecule has 1 aliphatic rings. The van der Waals surface area contributed by atoms with Crippen LogP contribution in [-0.4, -0.2) is 27.9 Å². The number of carboxylic acid groups (broad SMARTS) is 1. The first-order valence-corrected chi connectivity index (χ1v) is 6.36. The summed E-state index contributed by atoms with van der Waals surface area (Å²) in [5, 5.41) is 22.0. The minimum absolute atomic E-state index is 0.275. The summed E-state index contributed by atoms with van der Waals surface area (Å²) >= 11 is 0. The minimum Gasteiger partial charge on any atom is -0.481 e. The zero-order valence-corrected chi connectivity index (χ0v) is 10.9. The molecule has 2 N–H and O–H groups in total. The van der Waals surface area contributed by atoms with Crippen LogP contribution in [0.15, 0.2) is 18.2 Å². The molecule has 0 spiro atoms. The second kappa shape index (κ2) is 5.86. The Morgan fingerprint density at radius 2 is 2.10 bits per heavy atom. The standard InChI is InChI=1S/C13H13FN2O5/c14-11-4-3-9(16(20)21)6-10(11)12(17)15-8-2-1-7(5-8)13(18)19/h3-4,6-8H,1-2,5H2,(H,15,17)(H,18,19)/t7-,8+/m1/s1. The largest absolute Gasteiger partial charge is 0.481 e. The van der Waals surface area contributed by atoms with Crippen molar-refractivity contribution in [1.82, 2.24) is 5.32 Å². The highest BCUT2D eigenvalue weighted by Crippen LogP contribution is 2.26. The Kier molecular flexibility index (Phi) is 4.15. The smallest absolute Gasteiger partial charge is 0.306 e. The molecule has 1 amide bonds. The van der Waals surface area contributed by atoms with E-state index in [1.54, 1.807) is 0 Å². The number of rotatable bonds is 4. The molecule has 0 radical (unpaired) electrons. The van der Waals surface area contributed by atoms with Gasteiger partial charge >= 0.3 is 5.97 Å². The van der Waals surface area contributed by atoms with E-state index < -0.39 is 34.1 Å². The number of halogens is 1. The number of nitrogens with zero attached hydrogens (tertiary/aromatic N) is 1. The molecule has 0 aromatic heterocycles. The van der Waals surface area contributed by atoms with E-state index in [0.717, 1.165) is 18.2 Å². The molecule has 21 heavy (non-hydrogen) atoms. The third-order valence-electron chi connectivity index (χ3n) is 3.52. The number of hydrogen-bond acceptors (Lipinski definition) is 4.